The molecule has 0 atom stereocenters. The Morgan fingerprint density at radius 3 is 2.65 bits per heavy atom. The van der Waals surface area contributed by atoms with Crippen molar-refractivity contribution < 1.29 is 9.59 Å². The molecule has 0 unspecified atom stereocenters. The number of nitrogens with one attached hydrogen (secondary N) is 1. The average Bonchev–Trinajstić information content (AvgIpc) is 2.48. The zero-order valence-electron chi connectivity index (χ0n) is 9.59. The summed E-state index contributed by atoms with van der Waals surface area (Å²) in [4.78, 5) is 22.3. The van der Waals surface area contributed by atoms with Crippen molar-refractivity contribution in [2.75, 3.05) is 6.54 Å². The highest BCUT2D eigenvalue weighted by atomic mass is 79.9. The average molecular weight is 323 g/mol. The van der Waals surface area contributed by atoms with Gasteiger partial charge >= 0.3 is 0 Å². The molecule has 0 aromatic carbocycles. The zero-order chi connectivity index (χ0) is 13.0. The van der Waals surface area contributed by atoms with Crippen LogP contribution in [0.5, 0.6) is 0 Å². The van der Waals surface area contributed by atoms with Gasteiger partial charge in [0.05, 0.1) is 10.2 Å². The van der Waals surface area contributed by atoms with Crippen molar-refractivity contribution in [1.82, 2.24) is 15.1 Å². The highest BCUT2D eigenvalue weighted by Crippen LogP contribution is 2.19. The van der Waals surface area contributed by atoms with E-state index in [1.807, 2.05) is 6.92 Å². The molecular weight excluding hydrogens is 309 g/mol. The molecule has 0 spiro atoms. The largest absolute Gasteiger partial charge is 0.351 e. The monoisotopic (exact) mass is 321 g/mol. The van der Waals surface area contributed by atoms with Gasteiger partial charge in [0.2, 0.25) is 5.24 Å². The molecule has 0 aliphatic heterocycles. The first-order chi connectivity index (χ1) is 7.93. The van der Waals surface area contributed by atoms with Crippen LogP contribution in [0.2, 0.25) is 0 Å². The standard InChI is InChI=1S/C10H13BrClN3O2/c1-6-8(11)9(15(2)14-6)10(17)13-5-3-4-7(12)16/h3-5H2,1-2H3,(H,13,17). The van der Waals surface area contributed by atoms with E-state index in [1.165, 1.54) is 4.68 Å². The van der Waals surface area contributed by atoms with Crippen molar-refractivity contribution in [1.29, 1.82) is 0 Å². The molecule has 0 aliphatic rings. The summed E-state index contributed by atoms with van der Waals surface area (Å²) in [5.41, 5.74) is 1.23. The Kier molecular flexibility index (Phi) is 5.14. The van der Waals surface area contributed by atoms with Gasteiger partial charge in [-0.1, -0.05) is 0 Å². The van der Waals surface area contributed by atoms with Crippen LogP contribution in [-0.2, 0) is 11.8 Å². The molecule has 0 radical (unpaired) electrons. The number of hydrogen-bond donors (Lipinski definition) is 1. The summed E-state index contributed by atoms with van der Waals surface area (Å²) in [5.74, 6) is -0.220. The Bertz CT molecular complexity index is 445. The van der Waals surface area contributed by atoms with Crippen molar-refractivity contribution in [3.8, 4) is 0 Å². The Morgan fingerprint density at radius 1 is 1.53 bits per heavy atom. The minimum absolute atomic E-state index is 0.220. The number of halogens is 2. The minimum atomic E-state index is -0.392. The lowest BCUT2D eigenvalue weighted by Gasteiger charge is -2.04. The van der Waals surface area contributed by atoms with Crippen molar-refractivity contribution in [3.63, 3.8) is 0 Å². The number of carbonyl (C=O) groups is 2. The van der Waals surface area contributed by atoms with E-state index in [-0.39, 0.29) is 12.3 Å². The first-order valence-electron chi connectivity index (χ1n) is 5.09. The maximum Gasteiger partial charge on any atom is 0.270 e. The van der Waals surface area contributed by atoms with Gasteiger partial charge < -0.3 is 5.32 Å². The van der Waals surface area contributed by atoms with Gasteiger partial charge in [-0.3, -0.25) is 14.3 Å². The van der Waals surface area contributed by atoms with Crippen LogP contribution in [0, 0.1) is 6.92 Å². The lowest BCUT2D eigenvalue weighted by Crippen LogP contribution is -2.27. The normalized spacial score (nSPS) is 10.4. The van der Waals surface area contributed by atoms with Crippen LogP contribution in [0.4, 0.5) is 0 Å². The van der Waals surface area contributed by atoms with Gasteiger partial charge in [-0.2, -0.15) is 5.10 Å². The van der Waals surface area contributed by atoms with E-state index < -0.39 is 5.24 Å². The maximum absolute atomic E-state index is 11.8. The molecule has 1 heterocycles. The second-order valence-corrected chi connectivity index (χ2v) is 4.80. The second-order valence-electron chi connectivity index (χ2n) is 3.59. The number of aromatic nitrogens is 2. The Balaban J connectivity index is 2.55. The number of amides is 1. The number of hydrogen-bond acceptors (Lipinski definition) is 3. The Morgan fingerprint density at radius 2 is 2.18 bits per heavy atom. The van der Waals surface area contributed by atoms with Gasteiger partial charge in [0.25, 0.3) is 5.91 Å². The molecule has 17 heavy (non-hydrogen) atoms. The third-order valence-corrected chi connectivity index (χ3v) is 3.34. The first kappa shape index (κ1) is 14.2. The molecule has 94 valence electrons. The van der Waals surface area contributed by atoms with E-state index in [9.17, 15) is 9.59 Å². The summed E-state index contributed by atoms with van der Waals surface area (Å²) < 4.78 is 2.20. The van der Waals surface area contributed by atoms with E-state index in [4.69, 9.17) is 11.6 Å². The molecule has 0 aliphatic carbocycles. The van der Waals surface area contributed by atoms with E-state index in [0.717, 1.165) is 5.69 Å². The molecule has 0 fully saturated rings. The second kappa shape index (κ2) is 6.16. The highest BCUT2D eigenvalue weighted by Gasteiger charge is 2.17. The van der Waals surface area contributed by atoms with Crippen molar-refractivity contribution >= 4 is 38.7 Å². The highest BCUT2D eigenvalue weighted by molar-refractivity contribution is 9.10. The summed E-state index contributed by atoms with van der Waals surface area (Å²) in [5, 5.41) is 6.44. The predicted molar refractivity (Wildman–Crippen MR) is 68.1 cm³/mol. The quantitative estimate of drug-likeness (QED) is 0.664. The third-order valence-electron chi connectivity index (χ3n) is 2.20. The summed E-state index contributed by atoms with van der Waals surface area (Å²) in [6, 6.07) is 0. The molecular formula is C10H13BrClN3O2. The van der Waals surface area contributed by atoms with Gasteiger partial charge in [0, 0.05) is 20.0 Å². The molecule has 0 bridgehead atoms. The van der Waals surface area contributed by atoms with Crippen LogP contribution in [-0.4, -0.2) is 27.5 Å². The molecule has 0 saturated heterocycles. The molecule has 0 saturated carbocycles. The van der Waals surface area contributed by atoms with Gasteiger partial charge in [0.1, 0.15) is 5.69 Å². The first-order valence-corrected chi connectivity index (χ1v) is 6.26. The van der Waals surface area contributed by atoms with E-state index in [1.54, 1.807) is 7.05 Å². The Hall–Kier alpha value is -0.880. The van der Waals surface area contributed by atoms with Crippen LogP contribution in [0.15, 0.2) is 4.47 Å². The lowest BCUT2D eigenvalue weighted by molar-refractivity contribution is -0.111. The number of aryl methyl sites for hydroxylation is 2. The summed E-state index contributed by atoms with van der Waals surface area (Å²) in [6.45, 7) is 2.22. The fraction of sp³-hybridized carbons (Fsp3) is 0.500. The van der Waals surface area contributed by atoms with Crippen molar-refractivity contribution in [2.24, 2.45) is 7.05 Å². The van der Waals surface area contributed by atoms with Crippen LogP contribution in [0.25, 0.3) is 0 Å². The van der Waals surface area contributed by atoms with Gasteiger partial charge in [-0.05, 0) is 40.9 Å². The third kappa shape index (κ3) is 3.81. The maximum atomic E-state index is 11.8. The van der Waals surface area contributed by atoms with Crippen LogP contribution in [0.1, 0.15) is 29.0 Å². The van der Waals surface area contributed by atoms with Crippen molar-refractivity contribution in [2.45, 2.75) is 19.8 Å². The molecule has 1 rings (SSSR count). The van der Waals surface area contributed by atoms with Gasteiger partial charge in [-0.15, -0.1) is 0 Å². The van der Waals surface area contributed by atoms with Gasteiger partial charge in [0.15, 0.2) is 0 Å². The topological polar surface area (TPSA) is 64.0 Å². The van der Waals surface area contributed by atoms with Crippen LogP contribution >= 0.6 is 27.5 Å². The fourth-order valence-electron chi connectivity index (χ4n) is 1.39. The van der Waals surface area contributed by atoms with E-state index >= 15 is 0 Å². The summed E-state index contributed by atoms with van der Waals surface area (Å²) in [7, 11) is 1.70. The molecule has 7 heteroatoms. The molecule has 1 aromatic rings. The van der Waals surface area contributed by atoms with Crippen LogP contribution in [0.3, 0.4) is 0 Å². The smallest absolute Gasteiger partial charge is 0.270 e. The number of carbonyl (C=O) groups excluding carboxylic acids is 2. The fourth-order valence-corrected chi connectivity index (χ4v) is 2.04. The molecule has 1 N–H and O–H groups in total. The van der Waals surface area contributed by atoms with Crippen molar-refractivity contribution in [3.05, 3.63) is 15.9 Å². The zero-order valence-corrected chi connectivity index (χ0v) is 11.9. The number of nitrogens with zero attached hydrogens (tertiary/aromatic N) is 2. The minimum Gasteiger partial charge on any atom is -0.351 e. The SMILES string of the molecule is Cc1nn(C)c(C(=O)NCCCC(=O)Cl)c1Br. The molecule has 5 nitrogen and oxygen atoms in total. The van der Waals surface area contributed by atoms with Gasteiger partial charge in [-0.25, -0.2) is 0 Å². The molecule has 1 amide bonds. The summed E-state index contributed by atoms with van der Waals surface area (Å²) in [6.07, 6.45) is 0.788. The number of rotatable bonds is 5. The molecule has 1 aromatic heterocycles. The van der Waals surface area contributed by atoms with E-state index in [0.29, 0.717) is 23.1 Å². The summed E-state index contributed by atoms with van der Waals surface area (Å²) >= 11 is 8.51. The Labute approximate surface area is 113 Å². The van der Waals surface area contributed by atoms with Crippen LogP contribution < -0.4 is 5.32 Å². The predicted octanol–water partition coefficient (Wildman–Crippen LogP) is 1.77. The van der Waals surface area contributed by atoms with E-state index in [2.05, 4.69) is 26.3 Å². The lowest BCUT2D eigenvalue weighted by atomic mass is 10.3.